The number of fused-ring (bicyclic) bond motifs is 1. The summed E-state index contributed by atoms with van der Waals surface area (Å²) in [6.45, 7) is 0. The van der Waals surface area contributed by atoms with Crippen LogP contribution in [0.2, 0.25) is 10.0 Å². The first-order valence-electron chi connectivity index (χ1n) is 10.7. The van der Waals surface area contributed by atoms with Crippen molar-refractivity contribution in [2.75, 3.05) is 0 Å². The van der Waals surface area contributed by atoms with Crippen molar-refractivity contribution in [2.24, 2.45) is 19.8 Å². The van der Waals surface area contributed by atoms with Crippen molar-refractivity contribution < 1.29 is 0 Å². The number of imidazole rings is 1. The molecule has 3 aromatic carbocycles. The highest BCUT2D eigenvalue weighted by molar-refractivity contribution is 6.31. The van der Waals surface area contributed by atoms with Gasteiger partial charge in [-0.1, -0.05) is 53.5 Å². The smallest absolute Gasteiger partial charge is 0.251 e. The fourth-order valence-corrected chi connectivity index (χ4v) is 4.71. The molecule has 0 bridgehead atoms. The van der Waals surface area contributed by atoms with Crippen molar-refractivity contribution in [3.05, 3.63) is 123 Å². The zero-order chi connectivity index (χ0) is 24.0. The van der Waals surface area contributed by atoms with Gasteiger partial charge in [-0.2, -0.15) is 0 Å². The van der Waals surface area contributed by atoms with Crippen LogP contribution in [0, 0.1) is 0 Å². The second kappa shape index (κ2) is 8.44. The number of rotatable bonds is 4. The van der Waals surface area contributed by atoms with Gasteiger partial charge in [-0.3, -0.25) is 4.79 Å². The number of hydrogen-bond acceptors (Lipinski definition) is 3. The molecule has 0 radical (unpaired) electrons. The lowest BCUT2D eigenvalue weighted by Crippen LogP contribution is -2.39. The Kier molecular flexibility index (Phi) is 5.56. The number of pyridine rings is 1. The molecule has 2 aromatic heterocycles. The fourth-order valence-electron chi connectivity index (χ4n) is 4.39. The van der Waals surface area contributed by atoms with Crippen LogP contribution >= 0.6 is 23.2 Å². The molecule has 2 heterocycles. The number of nitrogens with two attached hydrogens (primary N) is 1. The highest BCUT2D eigenvalue weighted by atomic mass is 35.5. The molecular weight excluding hydrogens is 467 g/mol. The van der Waals surface area contributed by atoms with Crippen molar-refractivity contribution in [3.8, 4) is 11.1 Å². The zero-order valence-electron chi connectivity index (χ0n) is 18.7. The van der Waals surface area contributed by atoms with E-state index in [9.17, 15) is 4.79 Å². The lowest BCUT2D eigenvalue weighted by Gasteiger charge is -2.30. The SMILES string of the molecule is Cn1cnc([C@@](N)(c2ccc(Cl)cc2)c2ccc3c(c2)c(-c2cccc(Cl)c2)cc(=O)n3C)c1. The normalized spacial score (nSPS) is 13.2. The van der Waals surface area contributed by atoms with Gasteiger partial charge in [0.1, 0.15) is 5.54 Å². The summed E-state index contributed by atoms with van der Waals surface area (Å²) in [5.74, 6) is 0. The van der Waals surface area contributed by atoms with E-state index in [1.807, 2.05) is 84.5 Å². The van der Waals surface area contributed by atoms with E-state index in [1.54, 1.807) is 24.0 Å². The molecule has 5 rings (SSSR count). The van der Waals surface area contributed by atoms with Crippen LogP contribution < -0.4 is 11.3 Å². The van der Waals surface area contributed by atoms with Gasteiger partial charge in [-0.25, -0.2) is 4.98 Å². The Balaban J connectivity index is 1.83. The third-order valence-corrected chi connectivity index (χ3v) is 6.73. The molecule has 0 aliphatic carbocycles. The zero-order valence-corrected chi connectivity index (χ0v) is 20.2. The molecule has 2 N–H and O–H groups in total. The van der Waals surface area contributed by atoms with E-state index in [-0.39, 0.29) is 5.56 Å². The van der Waals surface area contributed by atoms with Crippen LogP contribution in [0.3, 0.4) is 0 Å². The molecule has 0 aliphatic rings. The number of nitrogens with zero attached hydrogens (tertiary/aromatic N) is 3. The quantitative estimate of drug-likeness (QED) is 0.363. The summed E-state index contributed by atoms with van der Waals surface area (Å²) in [7, 11) is 3.67. The maximum Gasteiger partial charge on any atom is 0.251 e. The van der Waals surface area contributed by atoms with Crippen LogP contribution in [0.15, 0.2) is 90.1 Å². The molecule has 0 spiro atoms. The molecule has 7 heteroatoms. The summed E-state index contributed by atoms with van der Waals surface area (Å²) in [5, 5.41) is 2.12. The largest absolute Gasteiger partial charge is 0.340 e. The van der Waals surface area contributed by atoms with Crippen molar-refractivity contribution in [1.29, 1.82) is 0 Å². The minimum Gasteiger partial charge on any atom is -0.340 e. The van der Waals surface area contributed by atoms with E-state index in [4.69, 9.17) is 28.9 Å². The topological polar surface area (TPSA) is 65.8 Å². The Morgan fingerprint density at radius 2 is 1.62 bits per heavy atom. The van der Waals surface area contributed by atoms with Gasteiger partial charge in [-0.15, -0.1) is 0 Å². The molecule has 1 atom stereocenters. The molecule has 5 nitrogen and oxygen atoms in total. The Hall–Kier alpha value is -3.38. The maximum atomic E-state index is 12.8. The Morgan fingerprint density at radius 1 is 0.882 bits per heavy atom. The summed E-state index contributed by atoms with van der Waals surface area (Å²) in [5.41, 5.74) is 10.9. The summed E-state index contributed by atoms with van der Waals surface area (Å²) in [6, 6.07) is 22.5. The first-order chi connectivity index (χ1) is 16.3. The summed E-state index contributed by atoms with van der Waals surface area (Å²) in [6.07, 6.45) is 3.65. The van der Waals surface area contributed by atoms with Crippen LogP contribution in [-0.4, -0.2) is 14.1 Å². The van der Waals surface area contributed by atoms with Gasteiger partial charge >= 0.3 is 0 Å². The van der Waals surface area contributed by atoms with Crippen LogP contribution in [0.25, 0.3) is 22.0 Å². The Morgan fingerprint density at radius 3 is 2.29 bits per heavy atom. The summed E-state index contributed by atoms with van der Waals surface area (Å²) in [4.78, 5) is 17.4. The molecule has 0 saturated heterocycles. The van der Waals surface area contributed by atoms with E-state index in [2.05, 4.69) is 4.98 Å². The van der Waals surface area contributed by atoms with Gasteiger partial charge in [0.2, 0.25) is 0 Å². The monoisotopic (exact) mass is 488 g/mol. The van der Waals surface area contributed by atoms with Gasteiger partial charge in [0.15, 0.2) is 0 Å². The Labute approximate surface area is 207 Å². The average Bonchev–Trinajstić information content (AvgIpc) is 3.28. The predicted octanol–water partition coefficient (Wildman–Crippen LogP) is 5.50. The van der Waals surface area contributed by atoms with Crippen molar-refractivity contribution in [2.45, 2.75) is 5.54 Å². The number of halogens is 2. The number of hydrogen-bond donors (Lipinski definition) is 1. The maximum absolute atomic E-state index is 12.8. The number of benzene rings is 3. The first kappa shape index (κ1) is 22.4. The summed E-state index contributed by atoms with van der Waals surface area (Å²) >= 11 is 12.4. The predicted molar refractivity (Wildman–Crippen MR) is 138 cm³/mol. The molecular formula is C27H22Cl2N4O. The van der Waals surface area contributed by atoms with Crippen molar-refractivity contribution >= 4 is 34.1 Å². The van der Waals surface area contributed by atoms with E-state index in [0.29, 0.717) is 15.7 Å². The molecule has 5 aromatic rings. The number of aromatic nitrogens is 3. The highest BCUT2D eigenvalue weighted by Crippen LogP contribution is 2.37. The third kappa shape index (κ3) is 3.72. The van der Waals surface area contributed by atoms with Crippen LogP contribution in [0.5, 0.6) is 0 Å². The average molecular weight is 489 g/mol. The molecule has 0 amide bonds. The lowest BCUT2D eigenvalue weighted by atomic mass is 9.80. The summed E-state index contributed by atoms with van der Waals surface area (Å²) < 4.78 is 3.50. The van der Waals surface area contributed by atoms with Gasteiger partial charge in [0.25, 0.3) is 5.56 Å². The minimum absolute atomic E-state index is 0.100. The van der Waals surface area contributed by atoms with Crippen LogP contribution in [-0.2, 0) is 19.6 Å². The van der Waals surface area contributed by atoms with E-state index in [1.165, 1.54) is 0 Å². The molecule has 0 aliphatic heterocycles. The molecule has 0 fully saturated rings. The Bertz CT molecular complexity index is 1590. The van der Waals surface area contributed by atoms with Gasteiger partial charge in [-0.05, 0) is 58.7 Å². The van der Waals surface area contributed by atoms with Gasteiger partial charge in [0, 0.05) is 41.8 Å². The van der Waals surface area contributed by atoms with Crippen LogP contribution in [0.4, 0.5) is 0 Å². The molecule has 0 unspecified atom stereocenters. The molecule has 34 heavy (non-hydrogen) atoms. The van der Waals surface area contributed by atoms with E-state index in [0.717, 1.165) is 33.2 Å². The lowest BCUT2D eigenvalue weighted by molar-refractivity contribution is 0.632. The minimum atomic E-state index is -1.04. The fraction of sp³-hybridized carbons (Fsp3) is 0.111. The second-order valence-electron chi connectivity index (χ2n) is 8.44. The van der Waals surface area contributed by atoms with Crippen molar-refractivity contribution in [3.63, 3.8) is 0 Å². The van der Waals surface area contributed by atoms with E-state index >= 15 is 0 Å². The second-order valence-corrected chi connectivity index (χ2v) is 9.31. The van der Waals surface area contributed by atoms with E-state index < -0.39 is 5.54 Å². The standard InChI is InChI=1S/C27H22Cl2N4O/c1-32-15-25(31-16-32)27(30,18-6-9-20(28)10-7-18)19-8-11-24-23(13-19)22(14-26(34)33(24)2)17-4-3-5-21(29)12-17/h3-16H,30H2,1-2H3/t27-/m1/s1. The number of aryl methyl sites for hydroxylation is 2. The van der Waals surface area contributed by atoms with Gasteiger partial charge < -0.3 is 14.9 Å². The highest BCUT2D eigenvalue weighted by Gasteiger charge is 2.34. The van der Waals surface area contributed by atoms with Crippen LogP contribution in [0.1, 0.15) is 16.8 Å². The van der Waals surface area contributed by atoms with Gasteiger partial charge in [0.05, 0.1) is 17.5 Å². The molecule has 0 saturated carbocycles. The third-order valence-electron chi connectivity index (χ3n) is 6.25. The van der Waals surface area contributed by atoms with Crippen molar-refractivity contribution in [1.82, 2.24) is 14.1 Å². The first-order valence-corrected chi connectivity index (χ1v) is 11.5. The molecule has 170 valence electrons.